The van der Waals surface area contributed by atoms with Gasteiger partial charge in [-0.25, -0.2) is 4.79 Å². The van der Waals surface area contributed by atoms with E-state index in [0.29, 0.717) is 27.3 Å². The highest BCUT2D eigenvalue weighted by molar-refractivity contribution is 6.30. The van der Waals surface area contributed by atoms with Crippen molar-refractivity contribution in [3.63, 3.8) is 0 Å². The molecule has 0 spiro atoms. The van der Waals surface area contributed by atoms with E-state index in [4.69, 9.17) is 21.8 Å². The number of urea groups is 1. The summed E-state index contributed by atoms with van der Waals surface area (Å²) in [5, 5.41) is 5.09. The second-order valence-corrected chi connectivity index (χ2v) is 5.34. The quantitative estimate of drug-likeness (QED) is 0.857. The van der Waals surface area contributed by atoms with Crippen LogP contribution < -0.4 is 5.73 Å². The first-order valence-electron chi connectivity index (χ1n) is 6.72. The first-order valence-corrected chi connectivity index (χ1v) is 7.10. The van der Waals surface area contributed by atoms with Gasteiger partial charge in [0.05, 0.1) is 11.3 Å². The molecule has 0 bridgehead atoms. The van der Waals surface area contributed by atoms with Gasteiger partial charge in [0.15, 0.2) is 0 Å². The van der Waals surface area contributed by atoms with Crippen LogP contribution in [-0.2, 0) is 4.79 Å². The lowest BCUT2D eigenvalue weighted by molar-refractivity contribution is -0.122. The van der Waals surface area contributed by atoms with Crippen molar-refractivity contribution >= 4 is 35.3 Å². The van der Waals surface area contributed by atoms with Gasteiger partial charge in [-0.15, -0.1) is 5.01 Å². The van der Waals surface area contributed by atoms with Crippen molar-refractivity contribution in [2.75, 3.05) is 0 Å². The van der Waals surface area contributed by atoms with E-state index in [1.807, 2.05) is 12.1 Å². The molecule has 7 heteroatoms. The highest BCUT2D eigenvalue weighted by Gasteiger charge is 2.31. The van der Waals surface area contributed by atoms with Crippen LogP contribution in [0.4, 0.5) is 4.79 Å². The number of nitrogens with zero attached hydrogens (tertiary/aromatic N) is 2. The number of hydrazone groups is 1. The fourth-order valence-electron chi connectivity index (χ4n) is 2.18. The maximum atomic E-state index is 12.1. The van der Waals surface area contributed by atoms with Gasteiger partial charge in [0, 0.05) is 10.6 Å². The smallest absolute Gasteiger partial charge is 0.342 e. The second kappa shape index (κ2) is 5.73. The molecule has 0 atom stereocenters. The molecular weight excluding hydrogens is 318 g/mol. The summed E-state index contributed by atoms with van der Waals surface area (Å²) in [6, 6.07) is 9.79. The van der Waals surface area contributed by atoms with Crippen LogP contribution in [0.3, 0.4) is 0 Å². The van der Waals surface area contributed by atoms with E-state index in [2.05, 4.69) is 5.10 Å². The molecule has 0 saturated carbocycles. The summed E-state index contributed by atoms with van der Waals surface area (Å²) < 4.78 is 5.70. The van der Waals surface area contributed by atoms with Crippen molar-refractivity contribution in [1.82, 2.24) is 5.01 Å². The molecule has 1 aromatic carbocycles. The van der Waals surface area contributed by atoms with Crippen LogP contribution >= 0.6 is 11.6 Å². The Morgan fingerprint density at radius 1 is 1.26 bits per heavy atom. The van der Waals surface area contributed by atoms with Gasteiger partial charge in [-0.05, 0) is 49.4 Å². The highest BCUT2D eigenvalue weighted by atomic mass is 35.5. The maximum absolute atomic E-state index is 12.1. The molecule has 116 valence electrons. The predicted molar refractivity (Wildman–Crippen MR) is 86.7 cm³/mol. The summed E-state index contributed by atoms with van der Waals surface area (Å²) in [6.07, 6.45) is 1.53. The number of imide groups is 1. The standard InChI is InChI=1S/C16H12ClN3O3/c1-9-13(15(21)20(19-9)16(18)22)8-12-6-7-14(23-12)10-2-4-11(17)5-3-10/h2-8H,1H3,(H2,18,22). The van der Waals surface area contributed by atoms with Crippen LogP contribution in [0.5, 0.6) is 0 Å². The van der Waals surface area contributed by atoms with Crippen LogP contribution in [0.15, 0.2) is 51.5 Å². The zero-order chi connectivity index (χ0) is 16.6. The summed E-state index contributed by atoms with van der Waals surface area (Å²) in [7, 11) is 0. The van der Waals surface area contributed by atoms with Gasteiger partial charge in [0.25, 0.3) is 5.91 Å². The third kappa shape index (κ3) is 2.89. The summed E-state index contributed by atoms with van der Waals surface area (Å²) in [5.74, 6) is 0.541. The lowest BCUT2D eigenvalue weighted by atomic mass is 10.1. The Morgan fingerprint density at radius 3 is 2.57 bits per heavy atom. The largest absolute Gasteiger partial charge is 0.457 e. The number of benzene rings is 1. The van der Waals surface area contributed by atoms with Gasteiger partial charge in [0.1, 0.15) is 11.5 Å². The Morgan fingerprint density at radius 2 is 1.96 bits per heavy atom. The van der Waals surface area contributed by atoms with Crippen molar-refractivity contribution in [2.45, 2.75) is 6.92 Å². The van der Waals surface area contributed by atoms with E-state index in [1.54, 1.807) is 31.2 Å². The first kappa shape index (κ1) is 15.1. The molecule has 2 aromatic rings. The van der Waals surface area contributed by atoms with E-state index < -0.39 is 11.9 Å². The lowest BCUT2D eigenvalue weighted by Gasteiger charge is -2.03. The molecule has 0 aliphatic carbocycles. The zero-order valence-electron chi connectivity index (χ0n) is 12.1. The molecular formula is C16H12ClN3O3. The minimum absolute atomic E-state index is 0.265. The fraction of sp³-hybridized carbons (Fsp3) is 0.0625. The molecule has 2 N–H and O–H groups in total. The number of halogens is 1. The molecule has 0 saturated heterocycles. The SMILES string of the molecule is CC1=NN(C(N)=O)C(=O)C1=Cc1ccc(-c2ccc(Cl)cc2)o1. The van der Waals surface area contributed by atoms with E-state index in [0.717, 1.165) is 5.56 Å². The zero-order valence-corrected chi connectivity index (χ0v) is 12.9. The molecule has 0 fully saturated rings. The number of carbonyl (C=O) groups excluding carboxylic acids is 2. The summed E-state index contributed by atoms with van der Waals surface area (Å²) in [6.45, 7) is 1.62. The van der Waals surface area contributed by atoms with E-state index in [-0.39, 0.29) is 5.57 Å². The normalized spacial score (nSPS) is 16.1. The predicted octanol–water partition coefficient (Wildman–Crippen LogP) is 3.28. The highest BCUT2D eigenvalue weighted by Crippen LogP contribution is 2.26. The van der Waals surface area contributed by atoms with Crippen LogP contribution in [0.25, 0.3) is 17.4 Å². The number of furan rings is 1. The third-order valence-corrected chi connectivity index (χ3v) is 3.57. The monoisotopic (exact) mass is 329 g/mol. The van der Waals surface area contributed by atoms with Gasteiger partial charge < -0.3 is 10.2 Å². The van der Waals surface area contributed by atoms with Crippen molar-refractivity contribution in [3.8, 4) is 11.3 Å². The summed E-state index contributed by atoms with van der Waals surface area (Å²) in [5.41, 5.74) is 6.62. The molecule has 0 radical (unpaired) electrons. The number of carbonyl (C=O) groups is 2. The molecule has 3 amide bonds. The average Bonchev–Trinajstić information content (AvgIpc) is 3.08. The van der Waals surface area contributed by atoms with E-state index in [1.165, 1.54) is 6.08 Å². The Hall–Kier alpha value is -2.86. The molecule has 1 aliphatic rings. The Balaban J connectivity index is 1.90. The van der Waals surface area contributed by atoms with Crippen molar-refractivity contribution < 1.29 is 14.0 Å². The minimum Gasteiger partial charge on any atom is -0.457 e. The van der Waals surface area contributed by atoms with Crippen LogP contribution in [0, 0.1) is 0 Å². The van der Waals surface area contributed by atoms with E-state index >= 15 is 0 Å². The molecule has 6 nitrogen and oxygen atoms in total. The third-order valence-electron chi connectivity index (χ3n) is 3.31. The Bertz CT molecular complexity index is 850. The van der Waals surface area contributed by atoms with Crippen LogP contribution in [0.2, 0.25) is 5.02 Å². The maximum Gasteiger partial charge on any atom is 0.342 e. The molecule has 23 heavy (non-hydrogen) atoms. The topological polar surface area (TPSA) is 88.9 Å². The lowest BCUT2D eigenvalue weighted by Crippen LogP contribution is -2.33. The summed E-state index contributed by atoms with van der Waals surface area (Å²) in [4.78, 5) is 23.2. The van der Waals surface area contributed by atoms with Gasteiger partial charge in [-0.2, -0.15) is 5.10 Å². The van der Waals surface area contributed by atoms with Crippen LogP contribution in [0.1, 0.15) is 12.7 Å². The molecule has 1 aliphatic heterocycles. The number of hydrogen-bond acceptors (Lipinski definition) is 4. The Kier molecular flexibility index (Phi) is 3.75. The minimum atomic E-state index is -0.918. The Labute approximate surface area is 136 Å². The average molecular weight is 330 g/mol. The fourth-order valence-corrected chi connectivity index (χ4v) is 2.30. The number of primary amides is 1. The van der Waals surface area contributed by atoms with Gasteiger partial charge in [-0.3, -0.25) is 4.79 Å². The van der Waals surface area contributed by atoms with Gasteiger partial charge in [-0.1, -0.05) is 11.6 Å². The molecule has 2 heterocycles. The van der Waals surface area contributed by atoms with Crippen LogP contribution in [-0.4, -0.2) is 22.7 Å². The summed E-state index contributed by atoms with van der Waals surface area (Å²) >= 11 is 5.86. The second-order valence-electron chi connectivity index (χ2n) is 4.91. The number of amides is 3. The van der Waals surface area contributed by atoms with Crippen molar-refractivity contribution in [3.05, 3.63) is 52.8 Å². The van der Waals surface area contributed by atoms with Gasteiger partial charge >= 0.3 is 6.03 Å². The molecule has 1 aromatic heterocycles. The van der Waals surface area contributed by atoms with Crippen molar-refractivity contribution in [2.24, 2.45) is 10.8 Å². The molecule has 0 unspecified atom stereocenters. The van der Waals surface area contributed by atoms with Crippen molar-refractivity contribution in [1.29, 1.82) is 0 Å². The number of rotatable bonds is 2. The van der Waals surface area contributed by atoms with Gasteiger partial charge in [0.2, 0.25) is 0 Å². The first-order chi connectivity index (χ1) is 11.0. The van der Waals surface area contributed by atoms with E-state index in [9.17, 15) is 9.59 Å². The number of hydrogen-bond donors (Lipinski definition) is 1. The number of nitrogens with two attached hydrogens (primary N) is 1. The molecule has 3 rings (SSSR count).